The third-order valence-corrected chi connectivity index (χ3v) is 4.73. The number of hydrogen-bond acceptors (Lipinski definition) is 5. The fraction of sp³-hybridized carbons (Fsp3) is 0.273. The van der Waals surface area contributed by atoms with Crippen LogP contribution in [0.1, 0.15) is 67.8 Å². The van der Waals surface area contributed by atoms with Crippen LogP contribution in [0.5, 0.6) is 0 Å². The Morgan fingerprint density at radius 2 is 1.46 bits per heavy atom. The van der Waals surface area contributed by atoms with Crippen LogP contribution < -0.4 is 0 Å². The number of ketones is 1. The summed E-state index contributed by atoms with van der Waals surface area (Å²) in [5.41, 5.74) is 2.06. The molecule has 28 heavy (non-hydrogen) atoms. The summed E-state index contributed by atoms with van der Waals surface area (Å²) in [6, 6.07) is 11.3. The molecular weight excluding hydrogens is 358 g/mol. The summed E-state index contributed by atoms with van der Waals surface area (Å²) in [6.07, 6.45) is 0. The number of nitrogens with zero attached hydrogens (tertiary/aromatic N) is 1. The fourth-order valence-electron chi connectivity index (χ4n) is 2.94. The van der Waals surface area contributed by atoms with E-state index in [1.54, 1.807) is 12.1 Å². The second-order valence-corrected chi connectivity index (χ2v) is 7.76. The number of esters is 1. The Kier molecular flexibility index (Phi) is 4.89. The highest BCUT2D eigenvalue weighted by Crippen LogP contribution is 2.24. The lowest BCUT2D eigenvalue weighted by Crippen LogP contribution is -2.24. The van der Waals surface area contributed by atoms with Crippen LogP contribution in [0.2, 0.25) is 0 Å². The predicted octanol–water partition coefficient (Wildman–Crippen LogP) is 3.25. The molecule has 0 unspecified atom stereocenters. The van der Waals surface area contributed by atoms with Gasteiger partial charge in [0.15, 0.2) is 12.4 Å². The van der Waals surface area contributed by atoms with Crippen molar-refractivity contribution in [3.05, 3.63) is 70.3 Å². The van der Waals surface area contributed by atoms with Gasteiger partial charge in [-0.1, -0.05) is 45.0 Å². The molecule has 0 spiro atoms. The zero-order chi connectivity index (χ0) is 20.6. The largest absolute Gasteiger partial charge is 0.454 e. The van der Waals surface area contributed by atoms with E-state index in [0.717, 1.165) is 10.5 Å². The van der Waals surface area contributed by atoms with E-state index in [4.69, 9.17) is 4.74 Å². The van der Waals surface area contributed by atoms with Crippen LogP contribution in [0.15, 0.2) is 42.5 Å². The molecule has 2 aromatic carbocycles. The summed E-state index contributed by atoms with van der Waals surface area (Å²) < 4.78 is 5.09. The fourth-order valence-corrected chi connectivity index (χ4v) is 2.94. The molecule has 0 atom stereocenters. The zero-order valence-corrected chi connectivity index (χ0v) is 16.2. The molecule has 6 heteroatoms. The van der Waals surface area contributed by atoms with Crippen molar-refractivity contribution in [2.45, 2.75) is 26.2 Å². The molecule has 1 heterocycles. The summed E-state index contributed by atoms with van der Waals surface area (Å²) in [5, 5.41) is 0. The highest BCUT2D eigenvalue weighted by Gasteiger charge is 2.33. The first kappa shape index (κ1) is 19.5. The third kappa shape index (κ3) is 3.58. The summed E-state index contributed by atoms with van der Waals surface area (Å²) in [7, 11) is 1.38. The van der Waals surface area contributed by atoms with Crippen LogP contribution in [-0.2, 0) is 10.2 Å². The molecule has 0 saturated heterocycles. The minimum atomic E-state index is -0.725. The number of imide groups is 1. The summed E-state index contributed by atoms with van der Waals surface area (Å²) in [6.45, 7) is 5.84. The SMILES string of the molecule is CN1C(=O)c2ccc(C(=O)OCC(=O)c3ccc(C(C)(C)C)cc3)cc2C1=O. The number of Topliss-reactive ketones (excluding diaryl/α,β-unsaturated/α-hetero) is 1. The van der Waals surface area contributed by atoms with Crippen LogP contribution in [0.4, 0.5) is 0 Å². The van der Waals surface area contributed by atoms with Gasteiger partial charge < -0.3 is 4.74 Å². The summed E-state index contributed by atoms with van der Waals surface area (Å²) >= 11 is 0. The molecule has 0 aliphatic carbocycles. The maximum Gasteiger partial charge on any atom is 0.338 e. The van der Waals surface area contributed by atoms with E-state index in [2.05, 4.69) is 20.8 Å². The first-order valence-electron chi connectivity index (χ1n) is 8.87. The van der Waals surface area contributed by atoms with E-state index in [-0.39, 0.29) is 27.9 Å². The average molecular weight is 379 g/mol. The zero-order valence-electron chi connectivity index (χ0n) is 16.2. The molecular formula is C22H21NO5. The number of ether oxygens (including phenoxy) is 1. The van der Waals surface area contributed by atoms with Crippen molar-refractivity contribution in [1.29, 1.82) is 0 Å². The molecule has 2 amide bonds. The van der Waals surface area contributed by atoms with Gasteiger partial charge in [0, 0.05) is 12.6 Å². The van der Waals surface area contributed by atoms with Crippen molar-refractivity contribution in [2.24, 2.45) is 0 Å². The minimum Gasteiger partial charge on any atom is -0.454 e. The van der Waals surface area contributed by atoms with Gasteiger partial charge in [0.2, 0.25) is 0 Å². The van der Waals surface area contributed by atoms with Crippen LogP contribution in [-0.4, -0.2) is 42.1 Å². The molecule has 0 fully saturated rings. The molecule has 0 aromatic heterocycles. The Morgan fingerprint density at radius 1 is 0.893 bits per heavy atom. The Bertz CT molecular complexity index is 983. The average Bonchev–Trinajstić information content (AvgIpc) is 2.89. The van der Waals surface area contributed by atoms with Gasteiger partial charge in [-0.15, -0.1) is 0 Å². The number of carbonyl (C=O) groups excluding carboxylic acids is 4. The molecule has 6 nitrogen and oxygen atoms in total. The molecule has 0 radical (unpaired) electrons. The van der Waals surface area contributed by atoms with Crippen molar-refractivity contribution >= 4 is 23.6 Å². The number of rotatable bonds is 4. The van der Waals surface area contributed by atoms with Crippen molar-refractivity contribution < 1.29 is 23.9 Å². The maximum atomic E-state index is 12.3. The number of carbonyl (C=O) groups is 4. The topological polar surface area (TPSA) is 80.8 Å². The number of fused-ring (bicyclic) bond motifs is 1. The van der Waals surface area contributed by atoms with Gasteiger partial charge in [0.25, 0.3) is 11.8 Å². The van der Waals surface area contributed by atoms with E-state index >= 15 is 0 Å². The van der Waals surface area contributed by atoms with Gasteiger partial charge in [-0.25, -0.2) is 4.79 Å². The van der Waals surface area contributed by atoms with Gasteiger partial charge in [-0.05, 0) is 29.2 Å². The Labute approximate surface area is 163 Å². The Hall–Kier alpha value is -3.28. The second kappa shape index (κ2) is 7.03. The molecule has 1 aliphatic rings. The molecule has 0 saturated carbocycles. The lowest BCUT2D eigenvalue weighted by Gasteiger charge is -2.18. The Balaban J connectivity index is 1.67. The van der Waals surface area contributed by atoms with Gasteiger partial charge >= 0.3 is 5.97 Å². The third-order valence-electron chi connectivity index (χ3n) is 4.73. The molecule has 0 bridgehead atoms. The van der Waals surface area contributed by atoms with E-state index in [9.17, 15) is 19.2 Å². The summed E-state index contributed by atoms with van der Waals surface area (Å²) in [4.78, 5) is 49.4. The standard InChI is InChI=1S/C22H21NO5/c1-22(2,3)15-8-5-13(6-9-15)18(24)12-28-21(27)14-7-10-16-17(11-14)20(26)23(4)19(16)25/h5-11H,12H2,1-4H3. The quantitative estimate of drug-likeness (QED) is 0.463. The molecule has 2 aromatic rings. The van der Waals surface area contributed by atoms with E-state index < -0.39 is 24.4 Å². The molecule has 0 N–H and O–H groups in total. The van der Waals surface area contributed by atoms with Gasteiger partial charge in [-0.2, -0.15) is 0 Å². The molecule has 144 valence electrons. The van der Waals surface area contributed by atoms with Crippen molar-refractivity contribution in [2.75, 3.05) is 13.7 Å². The highest BCUT2D eigenvalue weighted by atomic mass is 16.5. The minimum absolute atomic E-state index is 0.0193. The molecule has 3 rings (SSSR count). The smallest absolute Gasteiger partial charge is 0.338 e. The lowest BCUT2D eigenvalue weighted by molar-refractivity contribution is 0.0474. The van der Waals surface area contributed by atoms with Gasteiger partial charge in [0.1, 0.15) is 0 Å². The number of benzene rings is 2. The van der Waals surface area contributed by atoms with Crippen LogP contribution in [0.3, 0.4) is 0 Å². The van der Waals surface area contributed by atoms with E-state index in [0.29, 0.717) is 5.56 Å². The molecule has 1 aliphatic heterocycles. The number of hydrogen-bond donors (Lipinski definition) is 0. The van der Waals surface area contributed by atoms with Gasteiger partial charge in [0.05, 0.1) is 16.7 Å². The van der Waals surface area contributed by atoms with Crippen LogP contribution in [0.25, 0.3) is 0 Å². The normalized spacial score (nSPS) is 13.5. The second-order valence-electron chi connectivity index (χ2n) is 7.76. The van der Waals surface area contributed by atoms with E-state index in [1.807, 2.05) is 12.1 Å². The number of amides is 2. The van der Waals surface area contributed by atoms with Gasteiger partial charge in [-0.3, -0.25) is 19.3 Å². The predicted molar refractivity (Wildman–Crippen MR) is 103 cm³/mol. The lowest BCUT2D eigenvalue weighted by atomic mass is 9.86. The van der Waals surface area contributed by atoms with Crippen LogP contribution in [0, 0.1) is 0 Å². The van der Waals surface area contributed by atoms with E-state index in [1.165, 1.54) is 25.2 Å². The monoisotopic (exact) mass is 379 g/mol. The van der Waals surface area contributed by atoms with Crippen molar-refractivity contribution in [3.63, 3.8) is 0 Å². The van der Waals surface area contributed by atoms with Crippen molar-refractivity contribution in [1.82, 2.24) is 4.90 Å². The first-order chi connectivity index (χ1) is 13.1. The van der Waals surface area contributed by atoms with Crippen molar-refractivity contribution in [3.8, 4) is 0 Å². The first-order valence-corrected chi connectivity index (χ1v) is 8.87. The Morgan fingerprint density at radius 3 is 2.07 bits per heavy atom. The highest BCUT2D eigenvalue weighted by molar-refractivity contribution is 6.21. The summed E-state index contributed by atoms with van der Waals surface area (Å²) in [5.74, 6) is -1.92. The van der Waals surface area contributed by atoms with Crippen LogP contribution >= 0.6 is 0 Å². The maximum absolute atomic E-state index is 12.3.